The Balaban J connectivity index is 2.00. The fourth-order valence-electron chi connectivity index (χ4n) is 2.58. The molecule has 0 aromatic heterocycles. The minimum absolute atomic E-state index is 0.268. The summed E-state index contributed by atoms with van der Waals surface area (Å²) in [5, 5.41) is 20.2. The van der Waals surface area contributed by atoms with Gasteiger partial charge in [-0.15, -0.1) is 0 Å². The van der Waals surface area contributed by atoms with Crippen molar-refractivity contribution in [3.8, 4) is 0 Å². The van der Waals surface area contributed by atoms with Gasteiger partial charge in [0, 0.05) is 0 Å². The van der Waals surface area contributed by atoms with Gasteiger partial charge in [-0.25, -0.2) is 0 Å². The van der Waals surface area contributed by atoms with Gasteiger partial charge in [-0.3, -0.25) is 0 Å². The summed E-state index contributed by atoms with van der Waals surface area (Å²) in [6, 6.07) is 9.45. The van der Waals surface area contributed by atoms with E-state index in [2.05, 4.69) is 0 Å². The highest BCUT2D eigenvalue weighted by Gasteiger charge is 2.28. The van der Waals surface area contributed by atoms with Gasteiger partial charge in [0.2, 0.25) is 0 Å². The molecule has 16 heavy (non-hydrogen) atoms. The molecule has 2 rings (SSSR count). The van der Waals surface area contributed by atoms with Crippen LogP contribution in [0.15, 0.2) is 30.3 Å². The average Bonchev–Trinajstić information content (AvgIpc) is 2.39. The second-order valence-electron chi connectivity index (χ2n) is 4.74. The Labute approximate surface area is 96.9 Å². The fraction of sp³-hybridized carbons (Fsp3) is 0.571. The molecule has 0 bridgehead atoms. The van der Waals surface area contributed by atoms with Gasteiger partial charge in [-0.2, -0.15) is 0 Å². The Hall–Kier alpha value is -0.860. The molecule has 1 fully saturated rings. The van der Waals surface area contributed by atoms with Crippen LogP contribution in [0.3, 0.4) is 0 Å². The van der Waals surface area contributed by atoms with Gasteiger partial charge in [0.15, 0.2) is 0 Å². The van der Waals surface area contributed by atoms with Crippen molar-refractivity contribution >= 4 is 0 Å². The van der Waals surface area contributed by atoms with Gasteiger partial charge in [-0.1, -0.05) is 49.6 Å². The first-order valence-electron chi connectivity index (χ1n) is 6.20. The molecule has 0 saturated heterocycles. The second-order valence-corrected chi connectivity index (χ2v) is 4.74. The Bertz CT molecular complexity index is 304. The van der Waals surface area contributed by atoms with E-state index >= 15 is 0 Å². The third kappa shape index (κ3) is 2.63. The second kappa shape index (κ2) is 5.46. The monoisotopic (exact) mass is 220 g/mol. The van der Waals surface area contributed by atoms with Crippen LogP contribution in [0.4, 0.5) is 0 Å². The quantitative estimate of drug-likeness (QED) is 0.822. The van der Waals surface area contributed by atoms with E-state index in [1.165, 1.54) is 19.3 Å². The van der Waals surface area contributed by atoms with Crippen LogP contribution >= 0.6 is 0 Å². The summed E-state index contributed by atoms with van der Waals surface area (Å²) < 4.78 is 0. The van der Waals surface area contributed by atoms with Crippen LogP contribution in [0, 0.1) is 5.92 Å². The Morgan fingerprint density at radius 1 is 0.938 bits per heavy atom. The fourth-order valence-corrected chi connectivity index (χ4v) is 2.58. The van der Waals surface area contributed by atoms with Crippen LogP contribution in [0.5, 0.6) is 0 Å². The lowest BCUT2D eigenvalue weighted by Crippen LogP contribution is -2.29. The molecule has 1 aromatic rings. The summed E-state index contributed by atoms with van der Waals surface area (Å²) >= 11 is 0. The third-order valence-corrected chi connectivity index (χ3v) is 3.60. The molecule has 1 aliphatic carbocycles. The molecule has 1 aliphatic rings. The van der Waals surface area contributed by atoms with Crippen molar-refractivity contribution in [2.24, 2.45) is 5.92 Å². The number of hydrogen-bond acceptors (Lipinski definition) is 2. The molecule has 2 N–H and O–H groups in total. The van der Waals surface area contributed by atoms with Crippen molar-refractivity contribution in [2.75, 3.05) is 0 Å². The predicted molar refractivity (Wildman–Crippen MR) is 64.0 cm³/mol. The van der Waals surface area contributed by atoms with Gasteiger partial charge in [0.25, 0.3) is 0 Å². The molecule has 0 heterocycles. The predicted octanol–water partition coefficient (Wildman–Crippen LogP) is 2.66. The van der Waals surface area contributed by atoms with Gasteiger partial charge >= 0.3 is 0 Å². The van der Waals surface area contributed by atoms with E-state index in [-0.39, 0.29) is 5.92 Å². The zero-order chi connectivity index (χ0) is 11.4. The largest absolute Gasteiger partial charge is 0.390 e. The number of hydrogen-bond donors (Lipinski definition) is 2. The highest BCUT2D eigenvalue weighted by atomic mass is 16.3. The summed E-state index contributed by atoms with van der Waals surface area (Å²) in [6.07, 6.45) is 4.39. The molecule has 0 unspecified atom stereocenters. The Morgan fingerprint density at radius 3 is 2.19 bits per heavy atom. The van der Waals surface area contributed by atoms with Crippen LogP contribution in [0.1, 0.15) is 43.8 Å². The van der Waals surface area contributed by atoms with Crippen molar-refractivity contribution in [1.29, 1.82) is 0 Å². The lowest BCUT2D eigenvalue weighted by molar-refractivity contribution is -0.0285. The lowest BCUT2D eigenvalue weighted by atomic mass is 9.82. The maximum atomic E-state index is 10.1. The number of aliphatic hydroxyl groups excluding tert-OH is 2. The van der Waals surface area contributed by atoms with E-state index < -0.39 is 12.2 Å². The zero-order valence-electron chi connectivity index (χ0n) is 9.55. The van der Waals surface area contributed by atoms with Crippen molar-refractivity contribution in [3.05, 3.63) is 35.9 Å². The molecule has 2 heteroatoms. The molecule has 88 valence electrons. The first-order chi connectivity index (χ1) is 7.79. The van der Waals surface area contributed by atoms with E-state index in [0.29, 0.717) is 0 Å². The summed E-state index contributed by atoms with van der Waals surface area (Å²) in [5.74, 6) is 0.268. The first-order valence-corrected chi connectivity index (χ1v) is 6.20. The lowest BCUT2D eigenvalue weighted by Gasteiger charge is -2.29. The Morgan fingerprint density at radius 2 is 1.56 bits per heavy atom. The van der Waals surface area contributed by atoms with E-state index in [1.807, 2.05) is 30.3 Å². The summed E-state index contributed by atoms with van der Waals surface area (Å²) in [6.45, 7) is 0. The summed E-state index contributed by atoms with van der Waals surface area (Å²) in [7, 11) is 0. The molecule has 0 spiro atoms. The minimum Gasteiger partial charge on any atom is -0.390 e. The van der Waals surface area contributed by atoms with E-state index in [1.54, 1.807) is 0 Å². The van der Waals surface area contributed by atoms with E-state index in [4.69, 9.17) is 0 Å². The standard InChI is InChI=1S/C14H20O2/c15-13(11-7-3-1-4-8-11)14(16)12-9-5-2-6-10-12/h1,3-4,7-8,12-16H,2,5-6,9-10H2/t13-,14-/m0/s1. The molecule has 2 nitrogen and oxygen atoms in total. The smallest absolute Gasteiger partial charge is 0.105 e. The Kier molecular flexibility index (Phi) is 3.97. The zero-order valence-corrected chi connectivity index (χ0v) is 9.55. The number of aliphatic hydroxyl groups is 2. The van der Waals surface area contributed by atoms with Gasteiger partial charge in [0.05, 0.1) is 6.10 Å². The van der Waals surface area contributed by atoms with E-state index in [9.17, 15) is 10.2 Å². The normalized spacial score (nSPS) is 21.6. The number of rotatable bonds is 3. The molecule has 1 aromatic carbocycles. The van der Waals surface area contributed by atoms with Crippen LogP contribution < -0.4 is 0 Å². The van der Waals surface area contributed by atoms with Crippen LogP contribution in [0.25, 0.3) is 0 Å². The summed E-state index contributed by atoms with van der Waals surface area (Å²) in [4.78, 5) is 0. The topological polar surface area (TPSA) is 40.5 Å². The van der Waals surface area contributed by atoms with Gasteiger partial charge in [0.1, 0.15) is 6.10 Å². The van der Waals surface area contributed by atoms with E-state index in [0.717, 1.165) is 18.4 Å². The van der Waals surface area contributed by atoms with Gasteiger partial charge < -0.3 is 10.2 Å². The van der Waals surface area contributed by atoms with Crippen LogP contribution in [-0.4, -0.2) is 16.3 Å². The average molecular weight is 220 g/mol. The van der Waals surface area contributed by atoms with Crippen molar-refractivity contribution in [3.63, 3.8) is 0 Å². The molecule has 2 atom stereocenters. The number of benzene rings is 1. The van der Waals surface area contributed by atoms with Crippen LogP contribution in [-0.2, 0) is 0 Å². The highest BCUT2D eigenvalue weighted by molar-refractivity contribution is 5.18. The van der Waals surface area contributed by atoms with Crippen molar-refractivity contribution in [1.82, 2.24) is 0 Å². The summed E-state index contributed by atoms with van der Waals surface area (Å²) in [5.41, 5.74) is 0.820. The minimum atomic E-state index is -0.732. The maximum Gasteiger partial charge on any atom is 0.105 e. The van der Waals surface area contributed by atoms with Crippen molar-refractivity contribution < 1.29 is 10.2 Å². The van der Waals surface area contributed by atoms with Gasteiger partial charge in [-0.05, 0) is 24.3 Å². The third-order valence-electron chi connectivity index (χ3n) is 3.60. The van der Waals surface area contributed by atoms with Crippen molar-refractivity contribution in [2.45, 2.75) is 44.3 Å². The highest BCUT2D eigenvalue weighted by Crippen LogP contribution is 2.32. The molecule has 0 radical (unpaired) electrons. The first kappa shape index (κ1) is 11.6. The molecular weight excluding hydrogens is 200 g/mol. The SMILES string of the molecule is O[C@@H](c1ccccc1)[C@@H](O)C1CCCCC1. The molecular formula is C14H20O2. The molecule has 1 saturated carbocycles. The molecule has 0 aliphatic heterocycles. The van der Waals surface area contributed by atoms with Crippen LogP contribution in [0.2, 0.25) is 0 Å². The molecule has 0 amide bonds. The maximum absolute atomic E-state index is 10.1.